The topological polar surface area (TPSA) is 76.1 Å². The Morgan fingerprint density at radius 1 is 1.39 bits per heavy atom. The van der Waals surface area contributed by atoms with Crippen LogP contribution in [-0.4, -0.2) is 41.3 Å². The summed E-state index contributed by atoms with van der Waals surface area (Å²) in [6, 6.07) is 5.14. The van der Waals surface area contributed by atoms with E-state index in [1.54, 1.807) is 7.11 Å². The molecule has 2 saturated heterocycles. The molecular weight excluding hydrogens is 352 g/mol. The second-order valence-electron chi connectivity index (χ2n) is 5.62. The van der Waals surface area contributed by atoms with Crippen LogP contribution in [0.2, 0.25) is 0 Å². The van der Waals surface area contributed by atoms with Gasteiger partial charge in [0.1, 0.15) is 0 Å². The number of fused-ring (bicyclic) bond motifs is 2. The lowest BCUT2D eigenvalue weighted by Crippen LogP contribution is -2.42. The summed E-state index contributed by atoms with van der Waals surface area (Å²) in [6.45, 7) is 0. The van der Waals surface area contributed by atoms with E-state index in [-0.39, 0.29) is 11.9 Å². The summed E-state index contributed by atoms with van der Waals surface area (Å²) in [6.07, 6.45) is 3.45. The van der Waals surface area contributed by atoms with Crippen molar-refractivity contribution >= 4 is 40.3 Å². The van der Waals surface area contributed by atoms with Crippen molar-refractivity contribution in [3.8, 4) is 5.19 Å². The maximum Gasteiger partial charge on any atom is 0.294 e. The van der Waals surface area contributed by atoms with Crippen molar-refractivity contribution in [2.45, 2.75) is 45.9 Å². The minimum atomic E-state index is 0.0241. The van der Waals surface area contributed by atoms with E-state index in [1.807, 2.05) is 12.1 Å². The van der Waals surface area contributed by atoms with Crippen molar-refractivity contribution < 1.29 is 9.53 Å². The Morgan fingerprint density at radius 3 is 3.00 bits per heavy atom. The van der Waals surface area contributed by atoms with Gasteiger partial charge in [0.05, 0.1) is 16.2 Å². The highest BCUT2D eigenvalue weighted by molar-refractivity contribution is 8.02. The lowest BCUT2D eigenvalue weighted by Gasteiger charge is -2.20. The van der Waals surface area contributed by atoms with Crippen molar-refractivity contribution in [1.29, 1.82) is 0 Å². The average molecular weight is 369 g/mol. The highest BCUT2D eigenvalue weighted by atomic mass is 32.2. The smallest absolute Gasteiger partial charge is 0.294 e. The molecule has 0 radical (unpaired) electrons. The Kier molecular flexibility index (Phi) is 4.27. The van der Waals surface area contributed by atoms with Gasteiger partial charge in [0.25, 0.3) is 11.1 Å². The molecule has 0 aromatic carbocycles. The van der Waals surface area contributed by atoms with Gasteiger partial charge in [-0.05, 0) is 54.5 Å². The molecule has 0 spiro atoms. The first kappa shape index (κ1) is 15.4. The minimum absolute atomic E-state index is 0.0241. The van der Waals surface area contributed by atoms with Crippen LogP contribution in [0.15, 0.2) is 20.7 Å². The summed E-state index contributed by atoms with van der Waals surface area (Å²) >= 11 is 4.39. The lowest BCUT2D eigenvalue weighted by atomic mass is 9.95. The molecule has 0 saturated carbocycles. The number of carbonyl (C=O) groups excluding carboxylic acids is 1. The van der Waals surface area contributed by atoms with Crippen LogP contribution in [0.4, 0.5) is 0 Å². The zero-order valence-corrected chi connectivity index (χ0v) is 14.9. The predicted octanol–water partition coefficient (Wildman–Crippen LogP) is 2.38. The van der Waals surface area contributed by atoms with Gasteiger partial charge in [0, 0.05) is 18.1 Å². The zero-order chi connectivity index (χ0) is 15.8. The van der Waals surface area contributed by atoms with E-state index in [9.17, 15) is 4.79 Å². The number of rotatable bonds is 5. The lowest BCUT2D eigenvalue weighted by molar-refractivity contribution is 0.0935. The predicted molar refractivity (Wildman–Crippen MR) is 90.7 cm³/mol. The van der Waals surface area contributed by atoms with Crippen molar-refractivity contribution in [2.24, 2.45) is 0 Å². The number of thiophene rings is 1. The van der Waals surface area contributed by atoms with Gasteiger partial charge in [-0.25, -0.2) is 0 Å². The number of aromatic nitrogens is 2. The van der Waals surface area contributed by atoms with Crippen LogP contribution in [-0.2, 0) is 0 Å². The Morgan fingerprint density at radius 2 is 2.30 bits per heavy atom. The van der Waals surface area contributed by atoms with Gasteiger partial charge >= 0.3 is 0 Å². The quantitative estimate of drug-likeness (QED) is 0.844. The molecule has 23 heavy (non-hydrogen) atoms. The molecule has 4 rings (SSSR count). The summed E-state index contributed by atoms with van der Waals surface area (Å²) in [5, 5.41) is 15.2. The van der Waals surface area contributed by atoms with Gasteiger partial charge in [-0.1, -0.05) is 5.10 Å². The normalized spacial score (nSPS) is 25.7. The Balaban J connectivity index is 1.38. The molecule has 2 aromatic heterocycles. The third-order valence-corrected chi connectivity index (χ3v) is 7.32. The minimum Gasteiger partial charge on any atom is -0.472 e. The second-order valence-corrected chi connectivity index (χ2v) is 9.19. The summed E-state index contributed by atoms with van der Waals surface area (Å²) in [5.74, 6) is 0.0241. The number of hydrogen-bond donors (Lipinski definition) is 2. The molecule has 9 heteroatoms. The first-order chi connectivity index (χ1) is 11.2. The number of ether oxygens (including phenoxy) is 1. The summed E-state index contributed by atoms with van der Waals surface area (Å²) < 4.78 is 6.88. The summed E-state index contributed by atoms with van der Waals surface area (Å²) in [5.41, 5.74) is 0. The van der Waals surface area contributed by atoms with Crippen LogP contribution in [0.5, 0.6) is 5.19 Å². The summed E-state index contributed by atoms with van der Waals surface area (Å²) in [4.78, 5) is 13.2. The first-order valence-electron chi connectivity index (χ1n) is 7.43. The van der Waals surface area contributed by atoms with E-state index < -0.39 is 0 Å². The monoisotopic (exact) mass is 368 g/mol. The molecule has 122 valence electrons. The molecule has 3 atom stereocenters. The van der Waals surface area contributed by atoms with Crippen molar-refractivity contribution in [3.05, 3.63) is 17.0 Å². The molecule has 2 bridgehead atoms. The SMILES string of the molecule is COc1nnc(Sc2ccc(C(=O)NC3CC4CCC3N4)s2)s1. The highest BCUT2D eigenvalue weighted by Crippen LogP contribution is 2.37. The van der Waals surface area contributed by atoms with Crippen LogP contribution in [0.3, 0.4) is 0 Å². The van der Waals surface area contributed by atoms with Gasteiger partial charge in [0.2, 0.25) is 0 Å². The molecule has 1 amide bonds. The zero-order valence-electron chi connectivity index (χ0n) is 12.4. The highest BCUT2D eigenvalue weighted by Gasteiger charge is 2.39. The Bertz CT molecular complexity index is 716. The number of amides is 1. The largest absolute Gasteiger partial charge is 0.472 e. The molecule has 2 aliphatic rings. The molecule has 2 N–H and O–H groups in total. The standard InChI is InChI=1S/C14H16N4O2S3/c1-20-13-17-18-14(23-13)22-11-5-4-10(21-11)12(19)16-9-6-7-2-3-8(9)15-7/h4-5,7-9,15H,2-3,6H2,1H3,(H,16,19). The molecule has 2 aliphatic heterocycles. The van der Waals surface area contributed by atoms with E-state index in [4.69, 9.17) is 4.74 Å². The van der Waals surface area contributed by atoms with E-state index >= 15 is 0 Å². The summed E-state index contributed by atoms with van der Waals surface area (Å²) in [7, 11) is 1.58. The van der Waals surface area contributed by atoms with E-state index in [2.05, 4.69) is 20.8 Å². The van der Waals surface area contributed by atoms with Crippen LogP contribution < -0.4 is 15.4 Å². The number of methoxy groups -OCH3 is 1. The van der Waals surface area contributed by atoms with Gasteiger partial charge in [-0.2, -0.15) is 0 Å². The Hall–Kier alpha value is -1.16. The number of carbonyl (C=O) groups is 1. The van der Waals surface area contributed by atoms with Gasteiger partial charge in [-0.3, -0.25) is 4.79 Å². The molecular formula is C14H16N4O2S3. The third-order valence-electron chi connectivity index (χ3n) is 4.17. The second kappa shape index (κ2) is 6.39. The fourth-order valence-electron chi connectivity index (χ4n) is 3.13. The van der Waals surface area contributed by atoms with E-state index in [1.165, 1.54) is 47.3 Å². The number of nitrogens with one attached hydrogen (secondary N) is 2. The molecule has 3 unspecified atom stereocenters. The van der Waals surface area contributed by atoms with Gasteiger partial charge < -0.3 is 15.4 Å². The van der Waals surface area contributed by atoms with Crippen molar-refractivity contribution in [2.75, 3.05) is 7.11 Å². The number of nitrogens with zero attached hydrogens (tertiary/aromatic N) is 2. The fraction of sp³-hybridized carbons (Fsp3) is 0.500. The van der Waals surface area contributed by atoms with Crippen LogP contribution in [0.25, 0.3) is 0 Å². The maximum absolute atomic E-state index is 12.4. The maximum atomic E-state index is 12.4. The van der Waals surface area contributed by atoms with Gasteiger partial charge in [-0.15, -0.1) is 16.4 Å². The van der Waals surface area contributed by atoms with E-state index in [0.29, 0.717) is 17.3 Å². The van der Waals surface area contributed by atoms with Crippen molar-refractivity contribution in [3.63, 3.8) is 0 Å². The molecule has 2 fully saturated rings. The van der Waals surface area contributed by atoms with Crippen LogP contribution >= 0.6 is 34.4 Å². The fourth-order valence-corrected chi connectivity index (χ4v) is 6.03. The molecule has 6 nitrogen and oxygen atoms in total. The van der Waals surface area contributed by atoms with Crippen LogP contribution in [0.1, 0.15) is 28.9 Å². The van der Waals surface area contributed by atoms with Crippen molar-refractivity contribution in [1.82, 2.24) is 20.8 Å². The third kappa shape index (κ3) is 3.23. The molecule has 2 aromatic rings. The first-order valence-corrected chi connectivity index (χ1v) is 9.88. The molecule has 0 aliphatic carbocycles. The van der Waals surface area contributed by atoms with Crippen LogP contribution in [0, 0.1) is 0 Å². The van der Waals surface area contributed by atoms with E-state index in [0.717, 1.165) is 19.8 Å². The molecule has 4 heterocycles. The number of hydrogen-bond acceptors (Lipinski definition) is 8. The average Bonchev–Trinajstić information content (AvgIpc) is 3.32. The van der Waals surface area contributed by atoms with Gasteiger partial charge in [0.15, 0.2) is 4.34 Å². The Labute approximate surface area is 146 Å².